The molecule has 0 saturated carbocycles. The molecule has 0 aliphatic heterocycles. The van der Waals surface area contributed by atoms with Gasteiger partial charge in [-0.05, 0) is 22.6 Å². The van der Waals surface area contributed by atoms with Crippen LogP contribution in [-0.4, -0.2) is 19.9 Å². The van der Waals surface area contributed by atoms with Gasteiger partial charge in [0.15, 0.2) is 17.5 Å². The number of pyridine rings is 1. The normalized spacial score (nSPS) is 11.2. The topological polar surface area (TPSA) is 51.6 Å². The molecule has 0 N–H and O–H groups in total. The molecule has 7 rings (SSSR count). The summed E-state index contributed by atoms with van der Waals surface area (Å²) in [6, 6.07) is 43.4. The van der Waals surface area contributed by atoms with Crippen molar-refractivity contribution in [1.29, 1.82) is 0 Å². The van der Waals surface area contributed by atoms with Gasteiger partial charge in [-0.1, -0.05) is 121 Å². The van der Waals surface area contributed by atoms with Crippen molar-refractivity contribution in [3.05, 3.63) is 134 Å². The van der Waals surface area contributed by atoms with Crippen LogP contribution in [0.3, 0.4) is 0 Å². The highest BCUT2D eigenvalue weighted by Gasteiger charge is 2.13. The Labute approximate surface area is 220 Å². The lowest BCUT2D eigenvalue weighted by Gasteiger charge is -2.11. The number of hydrogen-bond acceptors (Lipinski definition) is 4. The first-order valence-corrected chi connectivity index (χ1v) is 12.6. The summed E-state index contributed by atoms with van der Waals surface area (Å²) in [4.78, 5) is 19.1. The molecule has 2 aromatic heterocycles. The predicted octanol–water partition coefficient (Wildman–Crippen LogP) is 8.24. The van der Waals surface area contributed by atoms with Gasteiger partial charge in [-0.3, -0.25) is 4.98 Å². The molecule has 0 amide bonds. The Kier molecular flexibility index (Phi) is 5.41. The van der Waals surface area contributed by atoms with E-state index in [0.29, 0.717) is 17.5 Å². The first kappa shape index (κ1) is 22.0. The summed E-state index contributed by atoms with van der Waals surface area (Å²) >= 11 is 0. The zero-order valence-electron chi connectivity index (χ0n) is 20.5. The standard InChI is InChI=1S/C34H22N4/c1-3-9-25(10-4-1)32-36-33(26-11-5-2-6-12-26)38-34(37-32)27-18-16-23(17-19-27)28-14-7-15-30-29(28)21-20-24-13-8-22-35-31(24)30/h1-22H. The van der Waals surface area contributed by atoms with Crippen LogP contribution >= 0.6 is 0 Å². The molecule has 7 aromatic rings. The van der Waals surface area contributed by atoms with Gasteiger partial charge in [-0.25, -0.2) is 15.0 Å². The highest BCUT2D eigenvalue weighted by molar-refractivity contribution is 6.10. The van der Waals surface area contributed by atoms with Crippen LogP contribution in [0.5, 0.6) is 0 Å². The van der Waals surface area contributed by atoms with Crippen molar-refractivity contribution in [2.45, 2.75) is 0 Å². The monoisotopic (exact) mass is 486 g/mol. The summed E-state index contributed by atoms with van der Waals surface area (Å²) in [5.74, 6) is 1.97. The van der Waals surface area contributed by atoms with Crippen molar-refractivity contribution < 1.29 is 0 Å². The Hall–Kier alpha value is -5.22. The third-order valence-electron chi connectivity index (χ3n) is 6.78. The van der Waals surface area contributed by atoms with Gasteiger partial charge in [-0.15, -0.1) is 0 Å². The molecule has 5 aromatic carbocycles. The summed E-state index contributed by atoms with van der Waals surface area (Å²) in [6.07, 6.45) is 1.85. The third kappa shape index (κ3) is 3.98. The van der Waals surface area contributed by atoms with Gasteiger partial charge in [0.05, 0.1) is 5.52 Å². The molecule has 38 heavy (non-hydrogen) atoms. The second kappa shape index (κ2) is 9.34. The quantitative estimate of drug-likeness (QED) is 0.235. The smallest absolute Gasteiger partial charge is 0.164 e. The number of aromatic nitrogens is 4. The number of hydrogen-bond donors (Lipinski definition) is 0. The lowest BCUT2D eigenvalue weighted by molar-refractivity contribution is 1.07. The summed E-state index contributed by atoms with van der Waals surface area (Å²) in [6.45, 7) is 0. The van der Waals surface area contributed by atoms with E-state index < -0.39 is 0 Å². The Morgan fingerprint density at radius 2 is 0.947 bits per heavy atom. The van der Waals surface area contributed by atoms with E-state index in [0.717, 1.165) is 38.5 Å². The molecular weight excluding hydrogens is 464 g/mol. The van der Waals surface area contributed by atoms with Gasteiger partial charge in [-0.2, -0.15) is 0 Å². The molecule has 2 heterocycles. The lowest BCUT2D eigenvalue weighted by Crippen LogP contribution is -2.00. The van der Waals surface area contributed by atoms with Crippen LogP contribution in [0.2, 0.25) is 0 Å². The Balaban J connectivity index is 1.33. The Bertz CT molecular complexity index is 1840. The van der Waals surface area contributed by atoms with Crippen LogP contribution < -0.4 is 0 Å². The summed E-state index contributed by atoms with van der Waals surface area (Å²) in [7, 11) is 0. The van der Waals surface area contributed by atoms with Crippen molar-refractivity contribution in [3.63, 3.8) is 0 Å². The van der Waals surface area contributed by atoms with Crippen LogP contribution in [0.25, 0.3) is 67.0 Å². The van der Waals surface area contributed by atoms with E-state index in [-0.39, 0.29) is 0 Å². The third-order valence-corrected chi connectivity index (χ3v) is 6.78. The first-order valence-electron chi connectivity index (χ1n) is 12.6. The molecule has 0 atom stereocenters. The second-order valence-electron chi connectivity index (χ2n) is 9.16. The van der Waals surface area contributed by atoms with Crippen molar-refractivity contribution in [2.24, 2.45) is 0 Å². The zero-order valence-corrected chi connectivity index (χ0v) is 20.5. The molecule has 0 aliphatic carbocycles. The molecule has 4 nitrogen and oxygen atoms in total. The Morgan fingerprint density at radius 1 is 0.368 bits per heavy atom. The molecule has 0 fully saturated rings. The first-order chi connectivity index (χ1) is 18.8. The van der Waals surface area contributed by atoms with E-state index in [2.05, 4.69) is 65.6 Å². The van der Waals surface area contributed by atoms with Crippen molar-refractivity contribution in [1.82, 2.24) is 19.9 Å². The van der Waals surface area contributed by atoms with E-state index in [1.54, 1.807) is 0 Å². The fraction of sp³-hybridized carbons (Fsp3) is 0. The minimum absolute atomic E-state index is 0.650. The van der Waals surface area contributed by atoms with Gasteiger partial charge in [0.25, 0.3) is 0 Å². The average Bonchev–Trinajstić information content (AvgIpc) is 3.01. The SMILES string of the molecule is c1ccc(-c2nc(-c3ccccc3)nc(-c3ccc(-c4cccc5c4ccc4cccnc45)cc3)n2)cc1. The van der Waals surface area contributed by atoms with E-state index in [1.807, 2.05) is 72.9 Å². The zero-order chi connectivity index (χ0) is 25.3. The van der Waals surface area contributed by atoms with Crippen LogP contribution in [-0.2, 0) is 0 Å². The Morgan fingerprint density at radius 3 is 1.58 bits per heavy atom. The number of nitrogens with zero attached hydrogens (tertiary/aromatic N) is 4. The highest BCUT2D eigenvalue weighted by atomic mass is 15.0. The van der Waals surface area contributed by atoms with E-state index in [9.17, 15) is 0 Å². The van der Waals surface area contributed by atoms with Gasteiger partial charge < -0.3 is 0 Å². The fourth-order valence-corrected chi connectivity index (χ4v) is 4.89. The van der Waals surface area contributed by atoms with Crippen LogP contribution in [0, 0.1) is 0 Å². The molecular formula is C34H22N4. The predicted molar refractivity (Wildman–Crippen MR) is 154 cm³/mol. The summed E-state index contributed by atoms with van der Waals surface area (Å²) in [5.41, 5.74) is 6.19. The fourth-order valence-electron chi connectivity index (χ4n) is 4.89. The number of rotatable bonds is 4. The lowest BCUT2D eigenvalue weighted by atomic mass is 9.96. The highest BCUT2D eigenvalue weighted by Crippen LogP contribution is 2.33. The van der Waals surface area contributed by atoms with Crippen molar-refractivity contribution >= 4 is 21.7 Å². The summed E-state index contributed by atoms with van der Waals surface area (Å²) in [5, 5.41) is 3.48. The maximum absolute atomic E-state index is 4.86. The van der Waals surface area contributed by atoms with Gasteiger partial charge in [0, 0.05) is 33.7 Å². The van der Waals surface area contributed by atoms with Crippen LogP contribution in [0.1, 0.15) is 0 Å². The molecule has 0 radical (unpaired) electrons. The van der Waals surface area contributed by atoms with Crippen LogP contribution in [0.15, 0.2) is 134 Å². The van der Waals surface area contributed by atoms with Gasteiger partial charge >= 0.3 is 0 Å². The maximum atomic E-state index is 4.86. The molecule has 0 bridgehead atoms. The maximum Gasteiger partial charge on any atom is 0.164 e. The average molecular weight is 487 g/mol. The minimum atomic E-state index is 0.650. The minimum Gasteiger partial charge on any atom is -0.256 e. The molecule has 4 heteroatoms. The van der Waals surface area contributed by atoms with Crippen molar-refractivity contribution in [2.75, 3.05) is 0 Å². The molecule has 0 unspecified atom stereocenters. The van der Waals surface area contributed by atoms with Gasteiger partial charge in [0.2, 0.25) is 0 Å². The number of fused-ring (bicyclic) bond motifs is 3. The second-order valence-corrected chi connectivity index (χ2v) is 9.16. The van der Waals surface area contributed by atoms with Crippen molar-refractivity contribution in [3.8, 4) is 45.3 Å². The molecule has 0 saturated heterocycles. The van der Waals surface area contributed by atoms with Crippen LogP contribution in [0.4, 0.5) is 0 Å². The van der Waals surface area contributed by atoms with Gasteiger partial charge in [0.1, 0.15) is 0 Å². The molecule has 0 spiro atoms. The summed E-state index contributed by atoms with van der Waals surface area (Å²) < 4.78 is 0. The van der Waals surface area contributed by atoms with E-state index >= 15 is 0 Å². The molecule has 0 aliphatic rings. The molecule has 178 valence electrons. The van der Waals surface area contributed by atoms with E-state index in [1.165, 1.54) is 10.9 Å². The largest absolute Gasteiger partial charge is 0.256 e. The van der Waals surface area contributed by atoms with E-state index in [4.69, 9.17) is 15.0 Å². The number of benzene rings is 5.